The van der Waals surface area contributed by atoms with E-state index in [4.69, 9.17) is 5.11 Å². The molecule has 0 aromatic heterocycles. The largest absolute Gasteiger partial charge is 0.481 e. The van der Waals surface area contributed by atoms with Crippen LogP contribution in [0.15, 0.2) is 29.2 Å². The van der Waals surface area contributed by atoms with Gasteiger partial charge in [-0.2, -0.15) is 0 Å². The second kappa shape index (κ2) is 9.02. The summed E-state index contributed by atoms with van der Waals surface area (Å²) in [6, 6.07) is 6.66. The average molecular weight is 310 g/mol. The number of rotatable bonds is 7. The molecule has 1 aromatic carbocycles. The third-order valence-corrected chi connectivity index (χ3v) is 3.39. The Hall–Kier alpha value is -2.02. The molecule has 0 saturated carbocycles. The topological polar surface area (TPSA) is 95.5 Å². The molecule has 1 aromatic rings. The molecule has 0 aliphatic carbocycles. The van der Waals surface area contributed by atoms with Crippen LogP contribution in [-0.4, -0.2) is 29.3 Å². The molecular formula is C14H18N2O4S. The van der Waals surface area contributed by atoms with Crippen molar-refractivity contribution >= 4 is 35.4 Å². The summed E-state index contributed by atoms with van der Waals surface area (Å²) in [5, 5.41) is 13.2. The molecule has 0 radical (unpaired) electrons. The summed E-state index contributed by atoms with van der Waals surface area (Å²) in [6.45, 7) is 0. The van der Waals surface area contributed by atoms with Crippen molar-refractivity contribution in [1.29, 1.82) is 0 Å². The van der Waals surface area contributed by atoms with Gasteiger partial charge in [0.15, 0.2) is 0 Å². The van der Waals surface area contributed by atoms with E-state index in [1.165, 1.54) is 0 Å². The standard InChI is InChI=1S/C14H18N2O4S/c1-21-11-8-6-10(7-9-11)15-14(20)16-12(17)4-2-3-5-13(18)19/h6-9H,2-5H2,1H3,(H,18,19)(H2,15,16,17,20). The molecule has 1 rings (SSSR count). The second-order valence-electron chi connectivity index (χ2n) is 4.33. The van der Waals surface area contributed by atoms with Crippen LogP contribution in [0.1, 0.15) is 25.7 Å². The van der Waals surface area contributed by atoms with Crippen LogP contribution in [0.3, 0.4) is 0 Å². The summed E-state index contributed by atoms with van der Waals surface area (Å²) >= 11 is 1.60. The smallest absolute Gasteiger partial charge is 0.325 e. The number of carboxylic acids is 1. The van der Waals surface area contributed by atoms with Crippen molar-refractivity contribution in [1.82, 2.24) is 5.32 Å². The third-order valence-electron chi connectivity index (χ3n) is 2.65. The highest BCUT2D eigenvalue weighted by Gasteiger charge is 2.08. The normalized spacial score (nSPS) is 9.95. The zero-order valence-electron chi connectivity index (χ0n) is 11.7. The van der Waals surface area contributed by atoms with E-state index in [9.17, 15) is 14.4 Å². The molecule has 0 fully saturated rings. The quantitative estimate of drug-likeness (QED) is 0.531. The number of hydrogen-bond acceptors (Lipinski definition) is 4. The minimum Gasteiger partial charge on any atom is -0.481 e. The first kappa shape index (κ1) is 17.0. The molecule has 0 spiro atoms. The fourth-order valence-electron chi connectivity index (χ4n) is 1.59. The molecule has 6 nitrogen and oxygen atoms in total. The summed E-state index contributed by atoms with van der Waals surface area (Å²) in [7, 11) is 0. The van der Waals surface area contributed by atoms with Gasteiger partial charge in [0.05, 0.1) is 0 Å². The minimum absolute atomic E-state index is 0.0290. The lowest BCUT2D eigenvalue weighted by atomic mass is 10.2. The Morgan fingerprint density at radius 2 is 1.71 bits per heavy atom. The summed E-state index contributed by atoms with van der Waals surface area (Å²) in [5.74, 6) is -1.31. The number of amides is 3. The lowest BCUT2D eigenvalue weighted by Crippen LogP contribution is -2.34. The van der Waals surface area contributed by atoms with Crippen LogP contribution in [0.5, 0.6) is 0 Å². The molecular weight excluding hydrogens is 292 g/mol. The Bertz CT molecular complexity index is 502. The van der Waals surface area contributed by atoms with Gasteiger partial charge in [0.25, 0.3) is 0 Å². The van der Waals surface area contributed by atoms with Crippen molar-refractivity contribution in [3.63, 3.8) is 0 Å². The number of anilines is 1. The number of carbonyl (C=O) groups excluding carboxylic acids is 2. The summed E-state index contributed by atoms with van der Waals surface area (Å²) < 4.78 is 0. The van der Waals surface area contributed by atoms with Crippen molar-refractivity contribution in [2.45, 2.75) is 30.6 Å². The van der Waals surface area contributed by atoms with E-state index in [0.717, 1.165) is 4.90 Å². The molecule has 0 aliphatic heterocycles. The summed E-state index contributed by atoms with van der Waals surface area (Å²) in [5.41, 5.74) is 0.601. The lowest BCUT2D eigenvalue weighted by Gasteiger charge is -2.07. The number of nitrogens with one attached hydrogen (secondary N) is 2. The first-order valence-corrected chi connectivity index (χ1v) is 7.70. The fraction of sp³-hybridized carbons (Fsp3) is 0.357. The third kappa shape index (κ3) is 7.36. The number of urea groups is 1. The zero-order valence-corrected chi connectivity index (χ0v) is 12.5. The Morgan fingerprint density at radius 3 is 2.29 bits per heavy atom. The molecule has 0 aliphatic rings. The Morgan fingerprint density at radius 1 is 1.10 bits per heavy atom. The van der Waals surface area contributed by atoms with Crippen molar-refractivity contribution in [3.8, 4) is 0 Å². The molecule has 21 heavy (non-hydrogen) atoms. The number of imide groups is 1. The van der Waals surface area contributed by atoms with Gasteiger partial charge in [0.2, 0.25) is 5.91 Å². The van der Waals surface area contributed by atoms with Crippen LogP contribution in [0.4, 0.5) is 10.5 Å². The van der Waals surface area contributed by atoms with Crippen LogP contribution in [0.2, 0.25) is 0 Å². The number of carbonyl (C=O) groups is 3. The van der Waals surface area contributed by atoms with Gasteiger partial charge in [-0.3, -0.25) is 14.9 Å². The molecule has 0 saturated heterocycles. The molecule has 7 heteroatoms. The summed E-state index contributed by atoms with van der Waals surface area (Å²) in [4.78, 5) is 34.4. The van der Waals surface area contributed by atoms with Gasteiger partial charge >= 0.3 is 12.0 Å². The van der Waals surface area contributed by atoms with Crippen molar-refractivity contribution < 1.29 is 19.5 Å². The van der Waals surface area contributed by atoms with Gasteiger partial charge in [0.1, 0.15) is 0 Å². The van der Waals surface area contributed by atoms with E-state index in [1.54, 1.807) is 23.9 Å². The SMILES string of the molecule is CSc1ccc(NC(=O)NC(=O)CCCCC(=O)O)cc1. The molecule has 0 heterocycles. The Balaban J connectivity index is 2.28. The molecule has 0 bridgehead atoms. The number of unbranched alkanes of at least 4 members (excludes halogenated alkanes) is 1. The monoisotopic (exact) mass is 310 g/mol. The number of thioether (sulfide) groups is 1. The maximum Gasteiger partial charge on any atom is 0.325 e. The predicted molar refractivity (Wildman–Crippen MR) is 81.5 cm³/mol. The van der Waals surface area contributed by atoms with E-state index in [1.807, 2.05) is 18.4 Å². The van der Waals surface area contributed by atoms with Gasteiger partial charge in [-0.1, -0.05) is 0 Å². The highest BCUT2D eigenvalue weighted by Crippen LogP contribution is 2.17. The van der Waals surface area contributed by atoms with Crippen LogP contribution in [-0.2, 0) is 9.59 Å². The lowest BCUT2D eigenvalue weighted by molar-refractivity contribution is -0.137. The first-order valence-electron chi connectivity index (χ1n) is 6.48. The number of carboxylic acid groups (broad SMARTS) is 1. The van der Waals surface area contributed by atoms with E-state index >= 15 is 0 Å². The number of hydrogen-bond donors (Lipinski definition) is 3. The van der Waals surface area contributed by atoms with Gasteiger partial charge < -0.3 is 10.4 Å². The van der Waals surface area contributed by atoms with Crippen LogP contribution in [0.25, 0.3) is 0 Å². The number of benzene rings is 1. The second-order valence-corrected chi connectivity index (χ2v) is 5.21. The highest BCUT2D eigenvalue weighted by molar-refractivity contribution is 7.98. The van der Waals surface area contributed by atoms with Gasteiger partial charge in [-0.25, -0.2) is 4.79 Å². The van der Waals surface area contributed by atoms with Gasteiger partial charge in [-0.15, -0.1) is 11.8 Å². The predicted octanol–water partition coefficient (Wildman–Crippen LogP) is 2.70. The van der Waals surface area contributed by atoms with Crippen molar-refractivity contribution in [2.24, 2.45) is 0 Å². The average Bonchev–Trinajstić information content (AvgIpc) is 2.44. The maximum absolute atomic E-state index is 11.6. The maximum atomic E-state index is 11.6. The molecule has 3 N–H and O–H groups in total. The molecule has 0 unspecified atom stereocenters. The zero-order chi connectivity index (χ0) is 15.7. The van der Waals surface area contributed by atoms with Crippen molar-refractivity contribution in [2.75, 3.05) is 11.6 Å². The van der Waals surface area contributed by atoms with Crippen LogP contribution >= 0.6 is 11.8 Å². The molecule has 114 valence electrons. The minimum atomic E-state index is -0.887. The van der Waals surface area contributed by atoms with Gasteiger partial charge in [-0.05, 0) is 43.4 Å². The van der Waals surface area contributed by atoms with Crippen LogP contribution in [0, 0.1) is 0 Å². The highest BCUT2D eigenvalue weighted by atomic mass is 32.2. The summed E-state index contributed by atoms with van der Waals surface area (Å²) in [6.07, 6.45) is 2.97. The fourth-order valence-corrected chi connectivity index (χ4v) is 2.00. The Kier molecular flexibility index (Phi) is 7.31. The van der Waals surface area contributed by atoms with E-state index < -0.39 is 17.9 Å². The number of aliphatic carboxylic acids is 1. The van der Waals surface area contributed by atoms with E-state index in [0.29, 0.717) is 18.5 Å². The Labute approximate surface area is 127 Å². The van der Waals surface area contributed by atoms with E-state index in [2.05, 4.69) is 10.6 Å². The van der Waals surface area contributed by atoms with Gasteiger partial charge in [0, 0.05) is 23.4 Å². The first-order chi connectivity index (χ1) is 10.0. The van der Waals surface area contributed by atoms with E-state index in [-0.39, 0.29) is 12.8 Å². The molecule has 0 atom stereocenters. The molecule has 3 amide bonds. The van der Waals surface area contributed by atoms with Crippen LogP contribution < -0.4 is 10.6 Å². The van der Waals surface area contributed by atoms with Crippen molar-refractivity contribution in [3.05, 3.63) is 24.3 Å².